The molecular weight excluding hydrogens is 293 g/mol. The highest BCUT2D eigenvalue weighted by Crippen LogP contribution is 2.27. The van der Waals surface area contributed by atoms with Gasteiger partial charge in [-0.2, -0.15) is 5.26 Å². The van der Waals surface area contributed by atoms with Gasteiger partial charge in [0, 0.05) is 6.42 Å². The molecule has 0 radical (unpaired) electrons. The molecule has 0 aromatic rings. The number of unbranched alkanes of at least 4 members (excludes halogenated alkanes) is 9. The minimum Gasteiger partial charge on any atom is -0.198 e. The third-order valence-corrected chi connectivity index (χ3v) is 5.37. The summed E-state index contributed by atoms with van der Waals surface area (Å²) in [5, 5.41) is 8.37. The first kappa shape index (κ1) is 17.6. The van der Waals surface area contributed by atoms with Crippen LogP contribution in [0.25, 0.3) is 0 Å². The van der Waals surface area contributed by atoms with E-state index < -0.39 is 6.00 Å². The highest BCUT2D eigenvalue weighted by molar-refractivity contribution is 7.64. The third kappa shape index (κ3) is 16.6. The van der Waals surface area contributed by atoms with Crippen molar-refractivity contribution in [1.29, 1.82) is 5.26 Å². The highest BCUT2D eigenvalue weighted by Gasteiger charge is 2.23. The van der Waals surface area contributed by atoms with E-state index in [1.807, 2.05) is 0 Å². The normalized spacial score (nSPS) is 11.4. The maximum Gasteiger partial charge on any atom is 0.341 e. The van der Waals surface area contributed by atoms with E-state index in [4.69, 9.17) is 38.5 Å². The van der Waals surface area contributed by atoms with E-state index in [9.17, 15) is 0 Å². The number of hydrogen-bond donors (Lipinski definition) is 0. The Hall–Kier alpha value is 0.577. The van der Waals surface area contributed by atoms with Crippen LogP contribution in [0, 0.1) is 11.3 Å². The van der Waals surface area contributed by atoms with Crippen LogP contribution in [0.3, 0.4) is 0 Å². The molecule has 0 heterocycles. The van der Waals surface area contributed by atoms with Gasteiger partial charge in [-0.15, -0.1) is 33.2 Å². The third-order valence-electron chi connectivity index (χ3n) is 2.75. The van der Waals surface area contributed by atoms with Gasteiger partial charge in [-0.1, -0.05) is 51.4 Å². The number of nitriles is 1. The minimum atomic E-state index is -2.36. The maximum absolute atomic E-state index is 8.37. The Labute approximate surface area is 121 Å². The summed E-state index contributed by atoms with van der Waals surface area (Å²) in [6.07, 6.45) is 11.6. The second kappa shape index (κ2) is 11.7. The van der Waals surface area contributed by atoms with Crippen molar-refractivity contribution < 1.29 is 0 Å². The zero-order valence-corrected chi connectivity index (χ0v) is 13.6. The van der Waals surface area contributed by atoms with Crippen molar-refractivity contribution in [3.63, 3.8) is 0 Å². The molecule has 0 fully saturated rings. The van der Waals surface area contributed by atoms with Crippen molar-refractivity contribution in [3.05, 3.63) is 0 Å². The number of rotatable bonds is 11. The fourth-order valence-corrected chi connectivity index (χ4v) is 3.62. The van der Waals surface area contributed by atoms with Gasteiger partial charge >= 0.3 is 6.00 Å². The second-order valence-corrected chi connectivity index (χ2v) is 13.7. The lowest BCUT2D eigenvalue weighted by Gasteiger charge is -2.06. The molecule has 0 unspecified atom stereocenters. The Kier molecular flexibility index (Phi) is 12.1. The molecule has 0 aromatic heterocycles. The van der Waals surface area contributed by atoms with Gasteiger partial charge in [-0.05, 0) is 12.5 Å². The minimum absolute atomic E-state index is 0.709. The van der Waals surface area contributed by atoms with Gasteiger partial charge in [0.2, 0.25) is 0 Å². The molecule has 0 aliphatic rings. The van der Waals surface area contributed by atoms with Crippen molar-refractivity contribution in [1.82, 2.24) is 0 Å². The molecule has 1 nitrogen and oxygen atoms in total. The van der Waals surface area contributed by atoms with Crippen molar-refractivity contribution in [2.45, 2.75) is 70.3 Å². The molecule has 0 aliphatic carbocycles. The van der Waals surface area contributed by atoms with Gasteiger partial charge in [0.05, 0.1) is 6.07 Å². The first-order chi connectivity index (χ1) is 8.06. The van der Waals surface area contributed by atoms with E-state index in [-0.39, 0.29) is 0 Å². The van der Waals surface area contributed by atoms with Crippen molar-refractivity contribution in [3.8, 4) is 6.07 Å². The van der Waals surface area contributed by atoms with Gasteiger partial charge in [-0.25, -0.2) is 0 Å². The first-order valence-electron chi connectivity index (χ1n) is 6.50. The van der Waals surface area contributed by atoms with Gasteiger partial charge in [0.25, 0.3) is 0 Å². The summed E-state index contributed by atoms with van der Waals surface area (Å²) in [4.78, 5) is 0. The van der Waals surface area contributed by atoms with Gasteiger partial charge in [0.15, 0.2) is 0 Å². The quantitative estimate of drug-likeness (QED) is 0.258. The van der Waals surface area contributed by atoms with E-state index in [0.717, 1.165) is 18.9 Å². The fraction of sp³-hybridized carbons (Fsp3) is 0.917. The highest BCUT2D eigenvalue weighted by atomic mass is 35.8. The number of halogens is 3. The van der Waals surface area contributed by atoms with Crippen LogP contribution in [0.1, 0.15) is 64.2 Å². The molecule has 0 N–H and O–H groups in total. The van der Waals surface area contributed by atoms with E-state index in [0.29, 0.717) is 6.42 Å². The molecule has 0 saturated heterocycles. The Bertz CT molecular complexity index is 211. The molecule has 0 bridgehead atoms. The lowest BCUT2D eigenvalue weighted by atomic mass is 10.1. The summed E-state index contributed by atoms with van der Waals surface area (Å²) in [6.45, 7) is 0. The molecule has 0 aliphatic heterocycles. The SMILES string of the molecule is N#CCCCCCCCCCCC[Si](Cl)(Cl)Cl. The summed E-state index contributed by atoms with van der Waals surface area (Å²) < 4.78 is 0. The van der Waals surface area contributed by atoms with Crippen molar-refractivity contribution in [2.75, 3.05) is 0 Å². The smallest absolute Gasteiger partial charge is 0.198 e. The van der Waals surface area contributed by atoms with Crippen LogP contribution in [0.15, 0.2) is 0 Å². The van der Waals surface area contributed by atoms with Crippen molar-refractivity contribution in [2.24, 2.45) is 0 Å². The summed E-state index contributed by atoms with van der Waals surface area (Å²) in [5.41, 5.74) is 0. The standard InChI is InChI=1S/C12H22Cl3NSi/c13-17(14,15)12-10-8-6-4-2-1-3-5-7-9-11-16/h1-10,12H2. The van der Waals surface area contributed by atoms with E-state index in [1.165, 1.54) is 44.9 Å². The molecular formula is C12H22Cl3NSi. The molecule has 0 aromatic carbocycles. The van der Waals surface area contributed by atoms with E-state index in [1.54, 1.807) is 0 Å². The van der Waals surface area contributed by atoms with Crippen molar-refractivity contribution >= 4 is 39.2 Å². The molecule has 0 spiro atoms. The average molecular weight is 315 g/mol. The molecule has 0 atom stereocenters. The second-order valence-electron chi connectivity index (χ2n) is 4.46. The molecule has 0 rings (SSSR count). The van der Waals surface area contributed by atoms with Gasteiger partial charge in [0.1, 0.15) is 0 Å². The molecule has 0 saturated carbocycles. The number of nitrogens with zero attached hydrogens (tertiary/aromatic N) is 1. The number of hydrogen-bond acceptors (Lipinski definition) is 1. The fourth-order valence-electron chi connectivity index (χ4n) is 1.77. The Morgan fingerprint density at radius 3 is 1.53 bits per heavy atom. The predicted molar refractivity (Wildman–Crippen MR) is 79.9 cm³/mol. The average Bonchev–Trinajstić information content (AvgIpc) is 2.24. The maximum atomic E-state index is 8.37. The molecule has 5 heteroatoms. The predicted octanol–water partition coefficient (Wildman–Crippen LogP) is 6.07. The van der Waals surface area contributed by atoms with Gasteiger partial charge in [-0.3, -0.25) is 0 Å². The van der Waals surface area contributed by atoms with E-state index in [2.05, 4.69) is 6.07 Å². The molecule has 17 heavy (non-hydrogen) atoms. The Balaban J connectivity index is 3.02. The summed E-state index contributed by atoms with van der Waals surface area (Å²) in [5.74, 6) is 0. The largest absolute Gasteiger partial charge is 0.341 e. The lowest BCUT2D eigenvalue weighted by molar-refractivity contribution is 0.567. The van der Waals surface area contributed by atoms with Crippen LogP contribution in [0.2, 0.25) is 6.04 Å². The van der Waals surface area contributed by atoms with Crippen LogP contribution in [0.5, 0.6) is 0 Å². The Morgan fingerprint density at radius 2 is 1.12 bits per heavy atom. The van der Waals surface area contributed by atoms with Crippen LogP contribution < -0.4 is 0 Å². The van der Waals surface area contributed by atoms with Crippen LogP contribution >= 0.6 is 33.2 Å². The lowest BCUT2D eigenvalue weighted by Crippen LogP contribution is -2.07. The first-order valence-corrected chi connectivity index (χ1v) is 11.7. The van der Waals surface area contributed by atoms with Crippen LogP contribution in [-0.2, 0) is 0 Å². The summed E-state index contributed by atoms with van der Waals surface area (Å²) in [6, 6.07) is 0.613. The zero-order chi connectivity index (χ0) is 13.0. The van der Waals surface area contributed by atoms with Crippen LogP contribution in [0.4, 0.5) is 0 Å². The topological polar surface area (TPSA) is 23.8 Å². The molecule has 100 valence electrons. The van der Waals surface area contributed by atoms with Crippen LogP contribution in [-0.4, -0.2) is 6.00 Å². The summed E-state index contributed by atoms with van der Waals surface area (Å²) in [7, 11) is 0. The zero-order valence-electron chi connectivity index (χ0n) is 10.4. The van der Waals surface area contributed by atoms with E-state index >= 15 is 0 Å². The van der Waals surface area contributed by atoms with Gasteiger partial charge < -0.3 is 0 Å². The molecule has 0 amide bonds. The monoisotopic (exact) mass is 313 g/mol. The Morgan fingerprint density at radius 1 is 0.706 bits per heavy atom. The summed E-state index contributed by atoms with van der Waals surface area (Å²) >= 11 is 17.4.